The summed E-state index contributed by atoms with van der Waals surface area (Å²) in [5, 5.41) is 0.323. The Morgan fingerprint density at radius 3 is 2.78 bits per heavy atom. The van der Waals surface area contributed by atoms with Gasteiger partial charge in [0.15, 0.2) is 5.82 Å². The summed E-state index contributed by atoms with van der Waals surface area (Å²) in [4.78, 5) is 21.3. The third kappa shape index (κ3) is 2.15. The largest absolute Gasteiger partial charge is 0.296 e. The van der Waals surface area contributed by atoms with Crippen molar-refractivity contribution >= 4 is 10.9 Å². The standard InChI is InChI=1S/C18H16FN3O/c1-18(2)9-14-21-16-12(17(23)22(14)10-18)7-6-11(15(16)19)13-5-3-4-8-20-13/h3-8H,9-10H2,1-2H3. The van der Waals surface area contributed by atoms with Crippen molar-refractivity contribution in [2.45, 2.75) is 26.8 Å². The van der Waals surface area contributed by atoms with Gasteiger partial charge in [0.25, 0.3) is 5.56 Å². The minimum atomic E-state index is -0.480. The minimum Gasteiger partial charge on any atom is -0.296 e. The van der Waals surface area contributed by atoms with Crippen molar-refractivity contribution in [3.8, 4) is 11.3 Å². The smallest absolute Gasteiger partial charge is 0.261 e. The van der Waals surface area contributed by atoms with Crippen LogP contribution in [0.2, 0.25) is 0 Å². The molecular weight excluding hydrogens is 293 g/mol. The monoisotopic (exact) mass is 309 g/mol. The van der Waals surface area contributed by atoms with Gasteiger partial charge in [0.1, 0.15) is 11.3 Å². The summed E-state index contributed by atoms with van der Waals surface area (Å²) < 4.78 is 16.6. The van der Waals surface area contributed by atoms with Gasteiger partial charge in [0.05, 0.1) is 11.1 Å². The van der Waals surface area contributed by atoms with Gasteiger partial charge in [-0.15, -0.1) is 0 Å². The van der Waals surface area contributed by atoms with E-state index in [4.69, 9.17) is 0 Å². The Balaban J connectivity index is 2.00. The molecule has 0 bridgehead atoms. The lowest BCUT2D eigenvalue weighted by molar-refractivity contribution is 0.357. The number of benzene rings is 1. The first-order valence-electron chi connectivity index (χ1n) is 7.60. The molecule has 3 heterocycles. The van der Waals surface area contributed by atoms with Crippen LogP contribution in [0.15, 0.2) is 41.3 Å². The summed E-state index contributed by atoms with van der Waals surface area (Å²) in [6, 6.07) is 8.58. The van der Waals surface area contributed by atoms with Crippen LogP contribution in [-0.2, 0) is 13.0 Å². The number of rotatable bonds is 1. The second kappa shape index (κ2) is 4.72. The first-order chi connectivity index (χ1) is 11.0. The first kappa shape index (κ1) is 14.1. The molecule has 0 fully saturated rings. The Morgan fingerprint density at radius 1 is 1.22 bits per heavy atom. The van der Waals surface area contributed by atoms with E-state index in [1.165, 1.54) is 0 Å². The highest BCUT2D eigenvalue weighted by Gasteiger charge is 2.31. The van der Waals surface area contributed by atoms with E-state index in [0.29, 0.717) is 35.4 Å². The van der Waals surface area contributed by atoms with Gasteiger partial charge < -0.3 is 0 Å². The normalized spacial score (nSPS) is 15.8. The molecule has 1 aliphatic heterocycles. The molecule has 4 rings (SSSR count). The van der Waals surface area contributed by atoms with E-state index in [1.807, 2.05) is 0 Å². The van der Waals surface area contributed by atoms with Crippen LogP contribution in [0.4, 0.5) is 4.39 Å². The van der Waals surface area contributed by atoms with Crippen LogP contribution < -0.4 is 5.56 Å². The molecule has 0 spiro atoms. The molecule has 0 amide bonds. The number of pyridine rings is 1. The number of aromatic nitrogens is 3. The van der Waals surface area contributed by atoms with E-state index >= 15 is 0 Å². The van der Waals surface area contributed by atoms with Gasteiger partial charge in [-0.2, -0.15) is 0 Å². The van der Waals surface area contributed by atoms with Crippen molar-refractivity contribution < 1.29 is 4.39 Å². The molecule has 23 heavy (non-hydrogen) atoms. The molecule has 0 atom stereocenters. The SMILES string of the molecule is CC1(C)Cc2nc3c(F)c(-c4ccccn4)ccc3c(=O)n2C1. The van der Waals surface area contributed by atoms with E-state index in [2.05, 4.69) is 23.8 Å². The zero-order valence-corrected chi connectivity index (χ0v) is 13.0. The molecule has 2 aromatic heterocycles. The van der Waals surface area contributed by atoms with Crippen molar-refractivity contribution in [3.63, 3.8) is 0 Å². The maximum Gasteiger partial charge on any atom is 0.261 e. The molecule has 5 heteroatoms. The van der Waals surface area contributed by atoms with Gasteiger partial charge in [-0.25, -0.2) is 9.37 Å². The topological polar surface area (TPSA) is 47.8 Å². The van der Waals surface area contributed by atoms with Gasteiger partial charge in [-0.05, 0) is 29.7 Å². The van der Waals surface area contributed by atoms with E-state index in [9.17, 15) is 9.18 Å². The van der Waals surface area contributed by atoms with Crippen molar-refractivity contribution in [3.05, 3.63) is 58.5 Å². The Labute approximate surface area is 132 Å². The van der Waals surface area contributed by atoms with Crippen LogP contribution in [0.3, 0.4) is 0 Å². The van der Waals surface area contributed by atoms with Crippen molar-refractivity contribution in [2.24, 2.45) is 5.41 Å². The van der Waals surface area contributed by atoms with Gasteiger partial charge in [-0.3, -0.25) is 14.3 Å². The second-order valence-electron chi connectivity index (χ2n) is 6.80. The van der Waals surface area contributed by atoms with Crippen molar-refractivity contribution in [1.82, 2.24) is 14.5 Å². The highest BCUT2D eigenvalue weighted by Crippen LogP contribution is 2.31. The summed E-state index contributed by atoms with van der Waals surface area (Å²) in [5.41, 5.74) is 0.850. The maximum atomic E-state index is 14.9. The highest BCUT2D eigenvalue weighted by molar-refractivity contribution is 5.84. The van der Waals surface area contributed by atoms with Gasteiger partial charge in [0, 0.05) is 24.7 Å². The molecule has 0 radical (unpaired) electrons. The lowest BCUT2D eigenvalue weighted by Gasteiger charge is -2.13. The Kier molecular flexibility index (Phi) is 2.88. The van der Waals surface area contributed by atoms with Crippen LogP contribution in [0, 0.1) is 11.2 Å². The number of hydrogen-bond donors (Lipinski definition) is 0. The van der Waals surface area contributed by atoms with Gasteiger partial charge in [0.2, 0.25) is 0 Å². The summed E-state index contributed by atoms with van der Waals surface area (Å²) in [7, 11) is 0. The minimum absolute atomic E-state index is 0.0309. The quantitative estimate of drug-likeness (QED) is 0.693. The highest BCUT2D eigenvalue weighted by atomic mass is 19.1. The number of halogens is 1. The predicted molar refractivity (Wildman–Crippen MR) is 86.7 cm³/mol. The zero-order chi connectivity index (χ0) is 16.2. The fourth-order valence-corrected chi connectivity index (χ4v) is 3.23. The average Bonchev–Trinajstić information content (AvgIpc) is 2.84. The van der Waals surface area contributed by atoms with Crippen LogP contribution in [0.1, 0.15) is 19.7 Å². The Hall–Kier alpha value is -2.56. The van der Waals surface area contributed by atoms with Crippen LogP contribution >= 0.6 is 0 Å². The molecule has 3 aromatic rings. The third-order valence-electron chi connectivity index (χ3n) is 4.31. The number of hydrogen-bond acceptors (Lipinski definition) is 3. The van der Waals surface area contributed by atoms with E-state index in [1.54, 1.807) is 41.1 Å². The summed E-state index contributed by atoms with van der Waals surface area (Å²) in [6.45, 7) is 4.79. The molecule has 116 valence electrons. The third-order valence-corrected chi connectivity index (χ3v) is 4.31. The first-order valence-corrected chi connectivity index (χ1v) is 7.60. The molecule has 0 aliphatic carbocycles. The average molecular weight is 309 g/mol. The molecule has 0 N–H and O–H groups in total. The lowest BCUT2D eigenvalue weighted by atomic mass is 9.92. The zero-order valence-electron chi connectivity index (χ0n) is 13.0. The second-order valence-corrected chi connectivity index (χ2v) is 6.80. The van der Waals surface area contributed by atoms with E-state index in [0.717, 1.165) is 0 Å². The maximum absolute atomic E-state index is 14.9. The molecule has 0 unspecified atom stereocenters. The Bertz CT molecular complexity index is 977. The van der Waals surface area contributed by atoms with Gasteiger partial charge >= 0.3 is 0 Å². The van der Waals surface area contributed by atoms with Crippen LogP contribution in [0.5, 0.6) is 0 Å². The molecule has 4 nitrogen and oxygen atoms in total. The number of fused-ring (bicyclic) bond motifs is 2. The predicted octanol–water partition coefficient (Wildman–Crippen LogP) is 3.18. The molecule has 0 saturated heterocycles. The lowest BCUT2D eigenvalue weighted by Crippen LogP contribution is -2.23. The van der Waals surface area contributed by atoms with Crippen LogP contribution in [-0.4, -0.2) is 14.5 Å². The van der Waals surface area contributed by atoms with Crippen molar-refractivity contribution in [1.29, 1.82) is 0 Å². The molecular formula is C18H16FN3O. The Morgan fingerprint density at radius 2 is 2.04 bits per heavy atom. The number of nitrogens with zero attached hydrogens (tertiary/aromatic N) is 3. The van der Waals surface area contributed by atoms with E-state index < -0.39 is 5.82 Å². The summed E-state index contributed by atoms with van der Waals surface area (Å²) >= 11 is 0. The fraction of sp³-hybridized carbons (Fsp3) is 0.278. The van der Waals surface area contributed by atoms with Crippen molar-refractivity contribution in [2.75, 3.05) is 0 Å². The van der Waals surface area contributed by atoms with E-state index in [-0.39, 0.29) is 16.5 Å². The summed E-state index contributed by atoms with van der Waals surface area (Å²) in [6.07, 6.45) is 2.29. The molecule has 0 saturated carbocycles. The fourth-order valence-electron chi connectivity index (χ4n) is 3.23. The molecule has 1 aromatic carbocycles. The molecule has 1 aliphatic rings. The summed E-state index contributed by atoms with van der Waals surface area (Å²) in [5.74, 6) is 0.177. The van der Waals surface area contributed by atoms with Crippen LogP contribution in [0.25, 0.3) is 22.2 Å². The van der Waals surface area contributed by atoms with Gasteiger partial charge in [-0.1, -0.05) is 19.9 Å².